The Morgan fingerprint density at radius 1 is 1.33 bits per heavy atom. The van der Waals surface area contributed by atoms with Crippen LogP contribution >= 0.6 is 0 Å². The molecule has 2 rings (SSSR count). The number of ether oxygens (including phenoxy) is 2. The molecule has 1 unspecified atom stereocenters. The molecule has 2 saturated heterocycles. The molecule has 104 valence electrons. The van der Waals surface area contributed by atoms with E-state index in [2.05, 4.69) is 14.5 Å². The number of esters is 1. The molecule has 1 atom stereocenters. The minimum absolute atomic E-state index is 0.113. The molecule has 5 nitrogen and oxygen atoms in total. The second-order valence-electron chi connectivity index (χ2n) is 5.07. The third-order valence-electron chi connectivity index (χ3n) is 3.92. The number of nitrogens with zero attached hydrogens (tertiary/aromatic N) is 2. The quantitative estimate of drug-likeness (QED) is 0.679. The number of carbonyl (C=O) groups excluding carboxylic acids is 1. The Morgan fingerprint density at radius 2 is 2.11 bits per heavy atom. The highest BCUT2D eigenvalue weighted by Gasteiger charge is 2.25. The second-order valence-corrected chi connectivity index (χ2v) is 5.07. The fourth-order valence-corrected chi connectivity index (χ4v) is 2.72. The molecule has 0 bridgehead atoms. The number of hydrogen-bond donors (Lipinski definition) is 0. The average molecular weight is 256 g/mol. The van der Waals surface area contributed by atoms with Crippen molar-refractivity contribution in [3.63, 3.8) is 0 Å². The first kappa shape index (κ1) is 13.8. The van der Waals surface area contributed by atoms with Crippen LogP contribution in [0, 0.1) is 0 Å². The van der Waals surface area contributed by atoms with Gasteiger partial charge in [-0.2, -0.15) is 0 Å². The van der Waals surface area contributed by atoms with Gasteiger partial charge < -0.3 is 14.4 Å². The van der Waals surface area contributed by atoms with Gasteiger partial charge in [0.15, 0.2) is 0 Å². The summed E-state index contributed by atoms with van der Waals surface area (Å²) >= 11 is 0. The van der Waals surface area contributed by atoms with Gasteiger partial charge in [0.25, 0.3) is 0 Å². The third-order valence-corrected chi connectivity index (χ3v) is 3.92. The van der Waals surface area contributed by atoms with Crippen LogP contribution in [0.5, 0.6) is 0 Å². The normalized spacial score (nSPS) is 27.1. The summed E-state index contributed by atoms with van der Waals surface area (Å²) in [6, 6.07) is 0.613. The molecule has 0 aliphatic carbocycles. The van der Waals surface area contributed by atoms with Gasteiger partial charge in [0.2, 0.25) is 0 Å². The molecule has 0 radical (unpaired) electrons. The highest BCUT2D eigenvalue weighted by Crippen LogP contribution is 2.15. The first-order valence-corrected chi connectivity index (χ1v) is 6.90. The van der Waals surface area contributed by atoms with Crippen molar-refractivity contribution in [1.29, 1.82) is 0 Å². The molecular weight excluding hydrogens is 232 g/mol. The van der Waals surface area contributed by atoms with E-state index in [0.29, 0.717) is 12.5 Å². The minimum Gasteiger partial charge on any atom is -0.469 e. The molecule has 2 aliphatic rings. The molecule has 0 spiro atoms. The van der Waals surface area contributed by atoms with Crippen LogP contribution in [0.3, 0.4) is 0 Å². The summed E-state index contributed by atoms with van der Waals surface area (Å²) < 4.78 is 10.2. The van der Waals surface area contributed by atoms with Crippen LogP contribution in [-0.4, -0.2) is 74.9 Å². The molecule has 2 aliphatic heterocycles. The topological polar surface area (TPSA) is 42.0 Å². The molecule has 2 fully saturated rings. The molecule has 0 aromatic rings. The molecule has 5 heteroatoms. The number of methoxy groups -OCH3 is 1. The minimum atomic E-state index is -0.113. The number of hydrogen-bond acceptors (Lipinski definition) is 5. The van der Waals surface area contributed by atoms with Crippen molar-refractivity contribution in [3.8, 4) is 0 Å². The average Bonchev–Trinajstić information content (AvgIpc) is 2.46. The Labute approximate surface area is 109 Å². The number of rotatable bonds is 4. The summed E-state index contributed by atoms with van der Waals surface area (Å²) in [6.07, 6.45) is 2.96. The first-order chi connectivity index (χ1) is 8.79. The summed E-state index contributed by atoms with van der Waals surface area (Å²) in [5.41, 5.74) is 0. The predicted molar refractivity (Wildman–Crippen MR) is 68.5 cm³/mol. The highest BCUT2D eigenvalue weighted by molar-refractivity contribution is 5.69. The summed E-state index contributed by atoms with van der Waals surface area (Å²) in [4.78, 5) is 16.0. The van der Waals surface area contributed by atoms with Gasteiger partial charge in [-0.05, 0) is 12.8 Å². The molecule has 2 heterocycles. The third kappa shape index (κ3) is 3.93. The van der Waals surface area contributed by atoms with Gasteiger partial charge in [0.05, 0.1) is 20.1 Å². The molecular formula is C13H24N2O3. The molecule has 0 N–H and O–H groups in total. The monoisotopic (exact) mass is 256 g/mol. The van der Waals surface area contributed by atoms with Gasteiger partial charge in [-0.25, -0.2) is 0 Å². The fourth-order valence-electron chi connectivity index (χ4n) is 2.72. The summed E-state index contributed by atoms with van der Waals surface area (Å²) in [7, 11) is 1.45. The summed E-state index contributed by atoms with van der Waals surface area (Å²) in [6.45, 7) is 6.92. The zero-order valence-corrected chi connectivity index (χ0v) is 11.3. The van der Waals surface area contributed by atoms with Crippen molar-refractivity contribution in [1.82, 2.24) is 9.80 Å². The lowest BCUT2D eigenvalue weighted by Gasteiger charge is -2.40. The maximum atomic E-state index is 11.1. The zero-order chi connectivity index (χ0) is 12.8. The summed E-state index contributed by atoms with van der Waals surface area (Å²) in [5, 5.41) is 0. The maximum Gasteiger partial charge on any atom is 0.306 e. The largest absolute Gasteiger partial charge is 0.469 e. The van der Waals surface area contributed by atoms with Gasteiger partial charge in [-0.15, -0.1) is 0 Å². The number of piperazine rings is 1. The SMILES string of the molecule is COC(=O)CCN1CCN(C2CCCOC2)CC1. The van der Waals surface area contributed by atoms with Crippen molar-refractivity contribution >= 4 is 5.97 Å². The van der Waals surface area contributed by atoms with Gasteiger partial charge in [-0.3, -0.25) is 9.69 Å². The van der Waals surface area contributed by atoms with Crippen LogP contribution in [0.15, 0.2) is 0 Å². The van der Waals surface area contributed by atoms with E-state index in [1.807, 2.05) is 0 Å². The second kappa shape index (κ2) is 7.07. The lowest BCUT2D eigenvalue weighted by atomic mass is 10.1. The van der Waals surface area contributed by atoms with Crippen LogP contribution in [0.1, 0.15) is 19.3 Å². The van der Waals surface area contributed by atoms with Crippen LogP contribution in [0.25, 0.3) is 0 Å². The van der Waals surface area contributed by atoms with Crippen molar-refractivity contribution < 1.29 is 14.3 Å². The van der Waals surface area contributed by atoms with Crippen molar-refractivity contribution in [2.75, 3.05) is 53.0 Å². The first-order valence-electron chi connectivity index (χ1n) is 6.90. The molecule has 0 saturated carbocycles. The smallest absolute Gasteiger partial charge is 0.306 e. The Kier molecular flexibility index (Phi) is 5.41. The standard InChI is InChI=1S/C13H24N2O3/c1-17-13(16)4-5-14-6-8-15(9-7-14)12-3-2-10-18-11-12/h12H,2-11H2,1H3. The lowest BCUT2D eigenvalue weighted by Crippen LogP contribution is -2.52. The van der Waals surface area contributed by atoms with Gasteiger partial charge >= 0.3 is 5.97 Å². The number of carbonyl (C=O) groups is 1. The van der Waals surface area contributed by atoms with Crippen LogP contribution in [0.2, 0.25) is 0 Å². The highest BCUT2D eigenvalue weighted by atomic mass is 16.5. The van der Waals surface area contributed by atoms with Crippen molar-refractivity contribution in [2.45, 2.75) is 25.3 Å². The van der Waals surface area contributed by atoms with E-state index in [9.17, 15) is 4.79 Å². The van der Waals surface area contributed by atoms with Crippen molar-refractivity contribution in [2.24, 2.45) is 0 Å². The fraction of sp³-hybridized carbons (Fsp3) is 0.923. The van der Waals surface area contributed by atoms with E-state index in [0.717, 1.165) is 45.9 Å². The van der Waals surface area contributed by atoms with Crippen LogP contribution in [0.4, 0.5) is 0 Å². The maximum absolute atomic E-state index is 11.1. The zero-order valence-electron chi connectivity index (χ0n) is 11.3. The Bertz CT molecular complexity index is 259. The molecule has 0 aromatic carbocycles. The van der Waals surface area contributed by atoms with Crippen LogP contribution < -0.4 is 0 Å². The van der Waals surface area contributed by atoms with E-state index in [-0.39, 0.29) is 5.97 Å². The Balaban J connectivity index is 1.66. The van der Waals surface area contributed by atoms with Crippen LogP contribution in [-0.2, 0) is 14.3 Å². The van der Waals surface area contributed by atoms with Gasteiger partial charge in [-0.1, -0.05) is 0 Å². The molecule has 0 aromatic heterocycles. The van der Waals surface area contributed by atoms with Gasteiger partial charge in [0, 0.05) is 45.4 Å². The van der Waals surface area contributed by atoms with E-state index in [1.165, 1.54) is 20.0 Å². The predicted octanol–water partition coefficient (Wildman–Crippen LogP) is 0.346. The Hall–Kier alpha value is -0.650. The lowest BCUT2D eigenvalue weighted by molar-refractivity contribution is -0.141. The Morgan fingerprint density at radius 3 is 2.72 bits per heavy atom. The molecule has 18 heavy (non-hydrogen) atoms. The summed E-state index contributed by atoms with van der Waals surface area (Å²) in [5.74, 6) is -0.113. The van der Waals surface area contributed by atoms with Gasteiger partial charge in [0.1, 0.15) is 0 Å². The van der Waals surface area contributed by atoms with E-state index in [1.54, 1.807) is 0 Å². The van der Waals surface area contributed by atoms with E-state index in [4.69, 9.17) is 4.74 Å². The van der Waals surface area contributed by atoms with E-state index < -0.39 is 0 Å². The van der Waals surface area contributed by atoms with E-state index >= 15 is 0 Å². The molecule has 0 amide bonds. The van der Waals surface area contributed by atoms with Crippen molar-refractivity contribution in [3.05, 3.63) is 0 Å².